The van der Waals surface area contributed by atoms with Crippen molar-refractivity contribution in [3.05, 3.63) is 33.3 Å². The van der Waals surface area contributed by atoms with Gasteiger partial charge in [-0.25, -0.2) is 8.78 Å². The summed E-state index contributed by atoms with van der Waals surface area (Å²) >= 11 is 10.9. The van der Waals surface area contributed by atoms with Gasteiger partial charge in [-0.15, -0.1) is 0 Å². The number of hydrogen-bond acceptors (Lipinski definition) is 0. The summed E-state index contributed by atoms with van der Waals surface area (Å²) < 4.78 is 25.1. The van der Waals surface area contributed by atoms with Gasteiger partial charge in [-0.2, -0.15) is 0 Å². The fourth-order valence-electron chi connectivity index (χ4n) is 0.657. The summed E-state index contributed by atoms with van der Waals surface area (Å²) in [7, 11) is 0. The first kappa shape index (κ1) is 8.75. The Hall–Kier alpha value is -0.340. The van der Waals surface area contributed by atoms with E-state index in [0.29, 0.717) is 5.56 Å². The lowest BCUT2D eigenvalue weighted by atomic mass is 10.2. The second kappa shape index (κ2) is 2.95. The molecule has 0 aliphatic rings. The second-order valence-corrected chi connectivity index (χ2v) is 2.88. The molecule has 1 rings (SSSR count). The van der Waals surface area contributed by atoms with E-state index in [4.69, 9.17) is 23.2 Å². The summed E-state index contributed by atoms with van der Waals surface area (Å²) in [6, 6.07) is 0.901. The summed E-state index contributed by atoms with van der Waals surface area (Å²) in [5, 5.41) is -0.121. The molecule has 0 aliphatic heterocycles. The standard InChI is InChI=1S/C7H4Cl2F2/c1-3-4(8)2-5(10)7(11)6(3)9/h2H,1H3. The molecule has 0 heterocycles. The minimum atomic E-state index is -1.05. The molecule has 1 aromatic rings. The highest BCUT2D eigenvalue weighted by molar-refractivity contribution is 6.36. The highest BCUT2D eigenvalue weighted by Crippen LogP contribution is 2.28. The molecule has 0 aliphatic carbocycles. The van der Waals surface area contributed by atoms with Gasteiger partial charge < -0.3 is 0 Å². The molecule has 0 nitrogen and oxygen atoms in total. The van der Waals surface area contributed by atoms with Crippen molar-refractivity contribution in [3.63, 3.8) is 0 Å². The van der Waals surface area contributed by atoms with Crippen LogP contribution in [0.2, 0.25) is 10.0 Å². The van der Waals surface area contributed by atoms with Crippen molar-refractivity contribution in [2.45, 2.75) is 6.92 Å². The second-order valence-electron chi connectivity index (χ2n) is 2.09. The maximum absolute atomic E-state index is 12.6. The summed E-state index contributed by atoms with van der Waals surface area (Å²) in [5.41, 5.74) is 0.354. The van der Waals surface area contributed by atoms with Crippen LogP contribution < -0.4 is 0 Å². The Morgan fingerprint density at radius 2 is 1.82 bits per heavy atom. The van der Waals surface area contributed by atoms with Crippen LogP contribution in [0.1, 0.15) is 5.56 Å². The topological polar surface area (TPSA) is 0 Å². The Labute approximate surface area is 72.7 Å². The third-order valence-electron chi connectivity index (χ3n) is 1.34. The quantitative estimate of drug-likeness (QED) is 0.440. The van der Waals surface area contributed by atoms with Crippen LogP contribution in [0, 0.1) is 18.6 Å². The molecule has 0 atom stereocenters. The molecule has 4 heteroatoms. The van der Waals surface area contributed by atoms with E-state index in [2.05, 4.69) is 0 Å². The third kappa shape index (κ3) is 1.47. The molecular formula is C7H4Cl2F2. The van der Waals surface area contributed by atoms with Gasteiger partial charge in [0.1, 0.15) is 0 Å². The van der Waals surface area contributed by atoms with Crippen molar-refractivity contribution in [2.75, 3.05) is 0 Å². The zero-order valence-electron chi connectivity index (χ0n) is 5.59. The maximum atomic E-state index is 12.6. The van der Waals surface area contributed by atoms with Crippen LogP contribution in [0.3, 0.4) is 0 Å². The highest BCUT2D eigenvalue weighted by Gasteiger charge is 2.12. The molecule has 0 N–H and O–H groups in total. The third-order valence-corrected chi connectivity index (χ3v) is 2.19. The normalized spacial score (nSPS) is 10.3. The van der Waals surface area contributed by atoms with Crippen molar-refractivity contribution in [1.82, 2.24) is 0 Å². The predicted molar refractivity (Wildman–Crippen MR) is 41.1 cm³/mol. The molecule has 0 fully saturated rings. The molecular weight excluding hydrogens is 193 g/mol. The van der Waals surface area contributed by atoms with Gasteiger partial charge in [0.05, 0.1) is 5.02 Å². The average molecular weight is 197 g/mol. The van der Waals surface area contributed by atoms with Crippen molar-refractivity contribution in [2.24, 2.45) is 0 Å². The monoisotopic (exact) mass is 196 g/mol. The summed E-state index contributed by atoms with van der Waals surface area (Å²) in [4.78, 5) is 0. The van der Waals surface area contributed by atoms with Gasteiger partial charge in [0.15, 0.2) is 11.6 Å². The summed E-state index contributed by atoms with van der Waals surface area (Å²) in [5.74, 6) is -2.07. The zero-order chi connectivity index (χ0) is 8.59. The lowest BCUT2D eigenvalue weighted by molar-refractivity contribution is 0.508. The van der Waals surface area contributed by atoms with Gasteiger partial charge in [0.2, 0.25) is 0 Å². The molecule has 0 aromatic heterocycles. The molecule has 0 saturated carbocycles. The van der Waals surface area contributed by atoms with E-state index in [1.54, 1.807) is 0 Å². The van der Waals surface area contributed by atoms with E-state index in [1.165, 1.54) is 6.92 Å². The van der Waals surface area contributed by atoms with Gasteiger partial charge in [-0.1, -0.05) is 23.2 Å². The van der Waals surface area contributed by atoms with Crippen LogP contribution in [-0.4, -0.2) is 0 Å². The fourth-order valence-corrected chi connectivity index (χ4v) is 1.09. The number of rotatable bonds is 0. The van der Waals surface area contributed by atoms with E-state index in [1.807, 2.05) is 0 Å². The van der Waals surface area contributed by atoms with Crippen LogP contribution in [0.25, 0.3) is 0 Å². The molecule has 0 amide bonds. The molecule has 60 valence electrons. The fraction of sp³-hybridized carbons (Fsp3) is 0.143. The number of hydrogen-bond donors (Lipinski definition) is 0. The largest absolute Gasteiger partial charge is 0.204 e. The first-order valence-corrected chi connectivity index (χ1v) is 3.59. The van der Waals surface area contributed by atoms with Gasteiger partial charge >= 0.3 is 0 Å². The first-order chi connectivity index (χ1) is 5.04. The molecule has 0 spiro atoms. The Kier molecular flexibility index (Phi) is 2.35. The maximum Gasteiger partial charge on any atom is 0.177 e. The Bertz CT molecular complexity index is 271. The molecule has 0 bridgehead atoms. The first-order valence-electron chi connectivity index (χ1n) is 2.83. The Balaban J connectivity index is 3.46. The lowest BCUT2D eigenvalue weighted by Crippen LogP contribution is -1.89. The summed E-state index contributed by atoms with van der Waals surface area (Å²) in [6.45, 7) is 1.52. The van der Waals surface area contributed by atoms with Crippen LogP contribution in [0.5, 0.6) is 0 Å². The minimum Gasteiger partial charge on any atom is -0.204 e. The molecule has 1 aromatic carbocycles. The Morgan fingerprint density at radius 3 is 2.36 bits per heavy atom. The zero-order valence-corrected chi connectivity index (χ0v) is 7.10. The van der Waals surface area contributed by atoms with Gasteiger partial charge in [0, 0.05) is 5.02 Å². The van der Waals surface area contributed by atoms with Gasteiger partial charge in [0.25, 0.3) is 0 Å². The van der Waals surface area contributed by atoms with E-state index in [9.17, 15) is 8.78 Å². The SMILES string of the molecule is Cc1c(Cl)cc(F)c(F)c1Cl. The molecule has 11 heavy (non-hydrogen) atoms. The van der Waals surface area contributed by atoms with Gasteiger partial charge in [-0.3, -0.25) is 0 Å². The van der Waals surface area contributed by atoms with Crippen molar-refractivity contribution in [1.29, 1.82) is 0 Å². The lowest BCUT2D eigenvalue weighted by Gasteiger charge is -2.01. The van der Waals surface area contributed by atoms with E-state index < -0.39 is 11.6 Å². The predicted octanol–water partition coefficient (Wildman–Crippen LogP) is 3.58. The highest BCUT2D eigenvalue weighted by atomic mass is 35.5. The smallest absolute Gasteiger partial charge is 0.177 e. The average Bonchev–Trinajstić information content (AvgIpc) is 1.97. The van der Waals surface area contributed by atoms with E-state index >= 15 is 0 Å². The molecule has 0 radical (unpaired) electrons. The van der Waals surface area contributed by atoms with Gasteiger partial charge in [-0.05, 0) is 18.6 Å². The van der Waals surface area contributed by atoms with Crippen molar-refractivity contribution in [3.8, 4) is 0 Å². The molecule has 0 saturated heterocycles. The Morgan fingerprint density at radius 1 is 1.27 bits per heavy atom. The van der Waals surface area contributed by atoms with Crippen LogP contribution >= 0.6 is 23.2 Å². The van der Waals surface area contributed by atoms with E-state index in [-0.39, 0.29) is 10.0 Å². The van der Waals surface area contributed by atoms with Crippen molar-refractivity contribution < 1.29 is 8.78 Å². The van der Waals surface area contributed by atoms with Crippen LogP contribution in [0.4, 0.5) is 8.78 Å². The van der Waals surface area contributed by atoms with E-state index in [0.717, 1.165) is 6.07 Å². The van der Waals surface area contributed by atoms with Crippen LogP contribution in [-0.2, 0) is 0 Å². The summed E-state index contributed by atoms with van der Waals surface area (Å²) in [6.07, 6.45) is 0. The number of benzene rings is 1. The van der Waals surface area contributed by atoms with Crippen LogP contribution in [0.15, 0.2) is 6.07 Å². The minimum absolute atomic E-state index is 0.133. The number of halogens is 4. The molecule has 0 unspecified atom stereocenters. The van der Waals surface area contributed by atoms with Crippen molar-refractivity contribution >= 4 is 23.2 Å².